The van der Waals surface area contributed by atoms with E-state index in [2.05, 4.69) is 30.3 Å². The van der Waals surface area contributed by atoms with E-state index in [0.29, 0.717) is 5.56 Å². The molecule has 1 aromatic carbocycles. The topological polar surface area (TPSA) is 34.9 Å². The second kappa shape index (κ2) is 4.77. The van der Waals surface area contributed by atoms with Gasteiger partial charge in [-0.2, -0.15) is 0 Å². The summed E-state index contributed by atoms with van der Waals surface area (Å²) in [6.07, 6.45) is 4.68. The molecule has 0 saturated heterocycles. The Morgan fingerprint density at radius 3 is 2.78 bits per heavy atom. The average molecular weight is 242 g/mol. The smallest absolute Gasteiger partial charge is 0.150 e. The lowest BCUT2D eigenvalue weighted by Gasteiger charge is -2.19. The van der Waals surface area contributed by atoms with E-state index in [-0.39, 0.29) is 5.41 Å². The number of carbonyl (C=O) groups excluding carboxylic acids is 1. The van der Waals surface area contributed by atoms with Gasteiger partial charge in [0.15, 0.2) is 0 Å². The van der Waals surface area contributed by atoms with E-state index < -0.39 is 0 Å². The van der Waals surface area contributed by atoms with Crippen LogP contribution in [0.5, 0.6) is 0 Å². The molecule has 1 aromatic heterocycles. The molecule has 2 aromatic rings. The van der Waals surface area contributed by atoms with Crippen LogP contribution in [0, 0.1) is 0 Å². The van der Waals surface area contributed by atoms with E-state index >= 15 is 0 Å². The third-order valence-corrected chi connectivity index (χ3v) is 2.83. The van der Waals surface area contributed by atoms with Crippen molar-refractivity contribution in [2.24, 2.45) is 0 Å². The number of benzene rings is 1. The van der Waals surface area contributed by atoms with Crippen LogP contribution in [-0.4, -0.2) is 15.8 Å². The number of hydrogen-bond acceptors (Lipinski definition) is 2. The fraction of sp³-hybridized carbons (Fsp3) is 0.333. The van der Waals surface area contributed by atoms with E-state index in [1.165, 1.54) is 0 Å². The van der Waals surface area contributed by atoms with E-state index in [0.717, 1.165) is 24.2 Å². The molecule has 3 nitrogen and oxygen atoms in total. The first-order chi connectivity index (χ1) is 8.50. The highest BCUT2D eigenvalue weighted by molar-refractivity contribution is 5.74. The highest BCUT2D eigenvalue weighted by atomic mass is 16.1. The van der Waals surface area contributed by atoms with Crippen LogP contribution >= 0.6 is 0 Å². The van der Waals surface area contributed by atoms with Gasteiger partial charge in [0.2, 0.25) is 0 Å². The zero-order valence-electron chi connectivity index (χ0n) is 11.1. The minimum atomic E-state index is 0.0196. The first kappa shape index (κ1) is 12.6. The first-order valence-electron chi connectivity index (χ1n) is 6.06. The maximum atomic E-state index is 10.8. The Morgan fingerprint density at radius 1 is 1.33 bits per heavy atom. The molecule has 0 aliphatic rings. The maximum absolute atomic E-state index is 10.8. The molecule has 2 rings (SSSR count). The Balaban J connectivity index is 2.29. The van der Waals surface area contributed by atoms with Crippen molar-refractivity contribution in [3.05, 3.63) is 53.6 Å². The molecular weight excluding hydrogens is 224 g/mol. The zero-order chi connectivity index (χ0) is 13.2. The summed E-state index contributed by atoms with van der Waals surface area (Å²) in [5.41, 5.74) is 1.85. The lowest BCUT2D eigenvalue weighted by atomic mass is 9.95. The van der Waals surface area contributed by atoms with Crippen LogP contribution in [0.15, 0.2) is 36.7 Å². The molecule has 18 heavy (non-hydrogen) atoms. The third kappa shape index (κ3) is 2.67. The van der Waals surface area contributed by atoms with Crippen molar-refractivity contribution in [1.29, 1.82) is 0 Å². The number of aldehydes is 1. The molecule has 0 bridgehead atoms. The molecule has 0 aliphatic heterocycles. The Labute approximate surface area is 107 Å². The molecule has 94 valence electrons. The summed E-state index contributed by atoms with van der Waals surface area (Å²) in [5.74, 6) is 1.05. The lowest BCUT2D eigenvalue weighted by molar-refractivity contribution is 0.112. The molecule has 0 saturated carbocycles. The first-order valence-corrected chi connectivity index (χ1v) is 6.06. The van der Waals surface area contributed by atoms with Crippen LogP contribution in [0.4, 0.5) is 0 Å². The summed E-state index contributed by atoms with van der Waals surface area (Å²) in [4.78, 5) is 15.2. The van der Waals surface area contributed by atoms with Crippen LogP contribution in [0.25, 0.3) is 0 Å². The zero-order valence-corrected chi connectivity index (χ0v) is 11.1. The maximum Gasteiger partial charge on any atom is 0.150 e. The van der Waals surface area contributed by atoms with Crippen LogP contribution < -0.4 is 0 Å². The predicted molar refractivity (Wildman–Crippen MR) is 71.9 cm³/mol. The Hall–Kier alpha value is -1.90. The molecule has 0 unspecified atom stereocenters. The van der Waals surface area contributed by atoms with E-state index in [4.69, 9.17) is 0 Å². The number of rotatable bonds is 3. The molecule has 0 N–H and O–H groups in total. The molecule has 0 radical (unpaired) electrons. The summed E-state index contributed by atoms with van der Waals surface area (Å²) in [6, 6.07) is 7.67. The monoisotopic (exact) mass is 242 g/mol. The van der Waals surface area contributed by atoms with Gasteiger partial charge in [-0.3, -0.25) is 4.79 Å². The molecule has 0 amide bonds. The minimum Gasteiger partial charge on any atom is -0.330 e. The van der Waals surface area contributed by atoms with Crippen molar-refractivity contribution < 1.29 is 4.79 Å². The molecule has 0 fully saturated rings. The van der Waals surface area contributed by atoms with Crippen molar-refractivity contribution in [3.8, 4) is 0 Å². The van der Waals surface area contributed by atoms with Gasteiger partial charge < -0.3 is 4.57 Å². The molecule has 1 heterocycles. The van der Waals surface area contributed by atoms with E-state index in [1.807, 2.05) is 36.7 Å². The molecule has 3 heteroatoms. The Bertz CT molecular complexity index is 550. The van der Waals surface area contributed by atoms with Gasteiger partial charge in [-0.05, 0) is 11.6 Å². The Kier molecular flexibility index (Phi) is 3.32. The second-order valence-corrected chi connectivity index (χ2v) is 5.49. The van der Waals surface area contributed by atoms with Crippen molar-refractivity contribution in [2.75, 3.05) is 0 Å². The van der Waals surface area contributed by atoms with E-state index in [1.54, 1.807) is 0 Å². The van der Waals surface area contributed by atoms with Crippen molar-refractivity contribution >= 4 is 6.29 Å². The second-order valence-electron chi connectivity index (χ2n) is 5.49. The van der Waals surface area contributed by atoms with Crippen LogP contribution in [0.3, 0.4) is 0 Å². The van der Waals surface area contributed by atoms with Gasteiger partial charge in [0.25, 0.3) is 0 Å². The number of carbonyl (C=O) groups is 1. The average Bonchev–Trinajstić information content (AvgIpc) is 2.77. The van der Waals surface area contributed by atoms with Gasteiger partial charge in [0.05, 0.1) is 0 Å². The predicted octanol–water partition coefficient (Wildman–Crippen LogP) is 3.04. The van der Waals surface area contributed by atoms with Gasteiger partial charge >= 0.3 is 0 Å². The van der Waals surface area contributed by atoms with Crippen molar-refractivity contribution in [1.82, 2.24) is 9.55 Å². The van der Waals surface area contributed by atoms with Crippen LogP contribution in [0.1, 0.15) is 42.5 Å². The number of hydrogen-bond donors (Lipinski definition) is 0. The standard InChI is InChI=1S/C15H18N2O/c1-15(2,3)14-16-7-8-17(14)10-12-5-4-6-13(9-12)11-18/h4-9,11H,10H2,1-3H3. The minimum absolute atomic E-state index is 0.0196. The quantitative estimate of drug-likeness (QED) is 0.775. The van der Waals surface area contributed by atoms with Gasteiger partial charge in [0, 0.05) is 29.9 Å². The largest absolute Gasteiger partial charge is 0.330 e. The number of nitrogens with zero attached hydrogens (tertiary/aromatic N) is 2. The van der Waals surface area contributed by atoms with Gasteiger partial charge in [-0.25, -0.2) is 4.98 Å². The van der Waals surface area contributed by atoms with Gasteiger partial charge in [-0.15, -0.1) is 0 Å². The highest BCUT2D eigenvalue weighted by Gasteiger charge is 2.19. The fourth-order valence-electron chi connectivity index (χ4n) is 2.04. The van der Waals surface area contributed by atoms with Gasteiger partial charge in [-0.1, -0.05) is 39.0 Å². The Morgan fingerprint density at radius 2 is 2.11 bits per heavy atom. The van der Waals surface area contributed by atoms with Crippen molar-refractivity contribution in [2.45, 2.75) is 32.7 Å². The van der Waals surface area contributed by atoms with Gasteiger partial charge in [0.1, 0.15) is 12.1 Å². The number of imidazole rings is 1. The molecule has 0 spiro atoms. The molecule has 0 aliphatic carbocycles. The summed E-state index contributed by atoms with van der Waals surface area (Å²) in [7, 11) is 0. The molecular formula is C15H18N2O. The normalized spacial score (nSPS) is 11.5. The number of aromatic nitrogens is 2. The van der Waals surface area contributed by atoms with Crippen molar-refractivity contribution in [3.63, 3.8) is 0 Å². The highest BCUT2D eigenvalue weighted by Crippen LogP contribution is 2.21. The fourth-order valence-corrected chi connectivity index (χ4v) is 2.04. The van der Waals surface area contributed by atoms with Crippen LogP contribution in [-0.2, 0) is 12.0 Å². The summed E-state index contributed by atoms with van der Waals surface area (Å²) < 4.78 is 2.13. The van der Waals surface area contributed by atoms with Crippen LogP contribution in [0.2, 0.25) is 0 Å². The third-order valence-electron chi connectivity index (χ3n) is 2.83. The van der Waals surface area contributed by atoms with E-state index in [9.17, 15) is 4.79 Å². The summed E-state index contributed by atoms with van der Waals surface area (Å²) in [6.45, 7) is 7.18. The lowest BCUT2D eigenvalue weighted by Crippen LogP contribution is -2.19. The summed E-state index contributed by atoms with van der Waals surface area (Å²) >= 11 is 0. The molecule has 0 atom stereocenters. The summed E-state index contributed by atoms with van der Waals surface area (Å²) in [5, 5.41) is 0. The SMILES string of the molecule is CC(C)(C)c1nccn1Cc1cccc(C=O)c1.